The van der Waals surface area contributed by atoms with E-state index >= 15 is 0 Å². The molecule has 12 heteroatoms. The molecular weight excluding hydrogens is 638 g/mol. The quantitative estimate of drug-likeness (QED) is 0.0894. The number of fused-ring (bicyclic) bond motifs is 1. The van der Waals surface area contributed by atoms with E-state index < -0.39 is 47.9 Å². The Hall–Kier alpha value is -3.69. The zero-order valence-corrected chi connectivity index (χ0v) is 25.5. The second-order valence-electron chi connectivity index (χ2n) is 10.1. The smallest absolute Gasteiger partial charge is 0.345 e. The van der Waals surface area contributed by atoms with Gasteiger partial charge < -0.3 is 4.74 Å². The molecule has 0 bridgehead atoms. The Kier molecular flexibility index (Phi) is 8.94. The minimum absolute atomic E-state index is 0.00606. The number of hydrogen-bond acceptors (Lipinski definition) is 6. The molecule has 0 saturated carbocycles. The normalized spacial score (nSPS) is 19.3. The maximum atomic E-state index is 13.8. The summed E-state index contributed by atoms with van der Waals surface area (Å²) in [6.45, 7) is 1.18. The average Bonchev–Trinajstić information content (AvgIpc) is 3.21. The number of ketones is 1. The molecule has 3 amide bonds. The summed E-state index contributed by atoms with van der Waals surface area (Å²) in [5.74, 6) is -4.68. The van der Waals surface area contributed by atoms with Crippen molar-refractivity contribution in [1.82, 2.24) is 10.0 Å². The lowest BCUT2D eigenvalue weighted by Crippen LogP contribution is -2.52. The van der Waals surface area contributed by atoms with Crippen molar-refractivity contribution in [3.8, 4) is 5.75 Å². The molecule has 1 saturated heterocycles. The Morgan fingerprint density at radius 1 is 0.860 bits per heavy atom. The van der Waals surface area contributed by atoms with E-state index in [1.807, 2.05) is 19.1 Å². The van der Waals surface area contributed by atoms with E-state index in [0.29, 0.717) is 11.4 Å². The molecule has 3 aromatic carbocycles. The van der Waals surface area contributed by atoms with Gasteiger partial charge in [-0.3, -0.25) is 19.2 Å². The molecule has 0 unspecified atom stereocenters. The molecule has 1 fully saturated rings. The number of hydrazine groups is 1. The van der Waals surface area contributed by atoms with Gasteiger partial charge in [0.15, 0.2) is 5.78 Å². The van der Waals surface area contributed by atoms with Gasteiger partial charge in [-0.1, -0.05) is 65.5 Å². The van der Waals surface area contributed by atoms with Crippen molar-refractivity contribution in [3.63, 3.8) is 0 Å². The number of allylic oxidation sites excluding steroid dienone is 2. The number of benzene rings is 3. The number of imide groups is 1. The third kappa shape index (κ3) is 6.19. The van der Waals surface area contributed by atoms with Gasteiger partial charge in [0, 0.05) is 15.6 Å². The summed E-state index contributed by atoms with van der Waals surface area (Å²) in [5.41, 5.74) is 0.200. The molecule has 5 rings (SSSR count). The van der Waals surface area contributed by atoms with Crippen LogP contribution in [0.3, 0.4) is 0 Å². The number of ether oxygens (including phenoxy) is 1. The monoisotopic (exact) mass is 658 g/mol. The fourth-order valence-corrected chi connectivity index (χ4v) is 6.13. The van der Waals surface area contributed by atoms with E-state index in [4.69, 9.17) is 51.1 Å². The van der Waals surface area contributed by atoms with Crippen LogP contribution in [0.25, 0.3) is 0 Å². The van der Waals surface area contributed by atoms with E-state index in [1.165, 1.54) is 60.7 Å². The van der Waals surface area contributed by atoms with E-state index in [0.717, 1.165) is 10.0 Å². The van der Waals surface area contributed by atoms with Crippen LogP contribution in [0.5, 0.6) is 5.75 Å². The third-order valence-electron chi connectivity index (χ3n) is 7.32. The predicted octanol–water partition coefficient (Wildman–Crippen LogP) is 6.96. The van der Waals surface area contributed by atoms with Crippen LogP contribution in [0.15, 0.2) is 72.8 Å². The van der Waals surface area contributed by atoms with Crippen molar-refractivity contribution in [2.45, 2.75) is 13.3 Å². The largest absolute Gasteiger partial charge is 0.423 e. The first kappa shape index (κ1) is 30.8. The lowest BCUT2D eigenvalue weighted by Gasteiger charge is -2.30. The van der Waals surface area contributed by atoms with Gasteiger partial charge in [-0.05, 0) is 73.0 Å². The first-order valence-corrected chi connectivity index (χ1v) is 14.6. The number of rotatable bonds is 7. The van der Waals surface area contributed by atoms with E-state index in [-0.39, 0.29) is 43.4 Å². The van der Waals surface area contributed by atoms with Gasteiger partial charge in [-0.15, -0.1) is 0 Å². The van der Waals surface area contributed by atoms with Crippen LogP contribution in [0.4, 0.5) is 0 Å². The maximum Gasteiger partial charge on any atom is 0.345 e. The van der Waals surface area contributed by atoms with Crippen molar-refractivity contribution in [1.29, 1.82) is 0 Å². The summed E-state index contributed by atoms with van der Waals surface area (Å²) in [5, 5.41) is 2.36. The molecule has 0 spiro atoms. The zero-order chi connectivity index (χ0) is 31.0. The molecule has 1 aliphatic carbocycles. The molecule has 1 heterocycles. The van der Waals surface area contributed by atoms with Gasteiger partial charge in [0.25, 0.3) is 17.7 Å². The number of carbonyl (C=O) groups excluding carboxylic acids is 5. The van der Waals surface area contributed by atoms with Crippen molar-refractivity contribution in [3.05, 3.63) is 110 Å². The van der Waals surface area contributed by atoms with Crippen LogP contribution < -0.4 is 4.74 Å². The number of hydrogen-bond donors (Lipinski definition) is 0. The minimum Gasteiger partial charge on any atom is -0.423 e. The molecule has 43 heavy (non-hydrogen) atoms. The van der Waals surface area contributed by atoms with Gasteiger partial charge in [-0.25, -0.2) is 9.80 Å². The van der Waals surface area contributed by atoms with Crippen LogP contribution >= 0.6 is 46.4 Å². The number of halogens is 4. The summed E-state index contributed by atoms with van der Waals surface area (Å²) in [4.78, 5) is 66.8. The molecule has 2 aliphatic rings. The topological polar surface area (TPSA) is 101 Å². The molecular formula is C31H22Cl4N2O6. The number of Topliss-reactive ketones (excluding diaryl/α,β-unsaturated/α-hetero) is 1. The summed E-state index contributed by atoms with van der Waals surface area (Å²) >= 11 is 24.3. The second-order valence-corrected chi connectivity index (χ2v) is 11.8. The van der Waals surface area contributed by atoms with Crippen LogP contribution in [-0.4, -0.2) is 46.0 Å². The number of esters is 1. The highest BCUT2D eigenvalue weighted by Crippen LogP contribution is 2.39. The number of nitrogens with zero attached hydrogens (tertiary/aromatic N) is 2. The minimum atomic E-state index is -0.818. The Morgan fingerprint density at radius 3 is 2.05 bits per heavy atom. The van der Waals surface area contributed by atoms with Crippen molar-refractivity contribution < 1.29 is 28.7 Å². The fourth-order valence-electron chi connectivity index (χ4n) is 5.16. The Balaban J connectivity index is 1.40. The lowest BCUT2D eigenvalue weighted by molar-refractivity contribution is -0.154. The lowest BCUT2D eigenvalue weighted by atomic mass is 9.78. The van der Waals surface area contributed by atoms with Crippen molar-refractivity contribution >= 4 is 75.9 Å². The highest BCUT2D eigenvalue weighted by Gasteiger charge is 2.53. The SMILES string of the molecule is C[C@@H]1C=CC[C@@H]2C(=O)N(N(CC(=O)c3ccc(OC(=O)c4ccc(Cl)cc4Cl)cc3)C(=O)c3ccc(Cl)cc3Cl)C(=O)[C@@H]12. The van der Waals surface area contributed by atoms with E-state index in [2.05, 4.69) is 0 Å². The van der Waals surface area contributed by atoms with Crippen LogP contribution in [-0.2, 0) is 9.59 Å². The molecule has 0 N–H and O–H groups in total. The Morgan fingerprint density at radius 2 is 1.47 bits per heavy atom. The number of amides is 3. The highest BCUT2D eigenvalue weighted by atomic mass is 35.5. The summed E-state index contributed by atoms with van der Waals surface area (Å²) in [6, 6.07) is 14.1. The summed E-state index contributed by atoms with van der Waals surface area (Å²) in [6.07, 6.45) is 4.04. The summed E-state index contributed by atoms with van der Waals surface area (Å²) < 4.78 is 5.36. The first-order valence-electron chi connectivity index (χ1n) is 13.1. The molecule has 1 aliphatic heterocycles. The second kappa shape index (κ2) is 12.5. The summed E-state index contributed by atoms with van der Waals surface area (Å²) in [7, 11) is 0. The highest BCUT2D eigenvalue weighted by molar-refractivity contribution is 6.37. The number of carbonyl (C=O) groups is 5. The van der Waals surface area contributed by atoms with Crippen LogP contribution in [0.2, 0.25) is 20.1 Å². The third-order valence-corrected chi connectivity index (χ3v) is 8.41. The van der Waals surface area contributed by atoms with Gasteiger partial charge in [-0.2, -0.15) is 5.01 Å². The van der Waals surface area contributed by atoms with E-state index in [9.17, 15) is 24.0 Å². The van der Waals surface area contributed by atoms with E-state index in [1.54, 1.807) is 0 Å². The Bertz CT molecular complexity index is 1690. The molecule has 8 nitrogen and oxygen atoms in total. The van der Waals surface area contributed by atoms with Crippen molar-refractivity contribution in [2.24, 2.45) is 17.8 Å². The average molecular weight is 660 g/mol. The maximum absolute atomic E-state index is 13.8. The fraction of sp³-hybridized carbons (Fsp3) is 0.194. The molecule has 220 valence electrons. The standard InChI is InChI=1S/C31H22Cl4N2O6/c1-16-3-2-4-23-27(16)30(41)37(29(23)40)36(28(39)21-11-7-18(32)13-24(21)34)15-26(38)17-5-9-20(10-6-17)43-31(42)22-12-8-19(33)14-25(22)35/h2-3,5-14,16,23,27H,4,15H2,1H3/t16-,23+,27+/m1/s1. The van der Waals surface area contributed by atoms with Gasteiger partial charge >= 0.3 is 5.97 Å². The van der Waals surface area contributed by atoms with Gasteiger partial charge in [0.1, 0.15) is 12.3 Å². The predicted molar refractivity (Wildman–Crippen MR) is 161 cm³/mol. The molecule has 3 atom stereocenters. The van der Waals surface area contributed by atoms with Crippen molar-refractivity contribution in [2.75, 3.05) is 6.54 Å². The van der Waals surface area contributed by atoms with Gasteiger partial charge in [0.2, 0.25) is 0 Å². The first-order chi connectivity index (χ1) is 20.5. The van der Waals surface area contributed by atoms with Crippen LogP contribution in [0, 0.1) is 17.8 Å². The van der Waals surface area contributed by atoms with Crippen LogP contribution in [0.1, 0.15) is 44.4 Å². The molecule has 3 aromatic rings. The van der Waals surface area contributed by atoms with Gasteiger partial charge in [0.05, 0.1) is 33.0 Å². The molecule has 0 radical (unpaired) electrons. The zero-order valence-electron chi connectivity index (χ0n) is 22.4. The molecule has 0 aromatic heterocycles. The Labute approximate surface area is 266 Å².